The number of hydrogen-bond acceptors (Lipinski definition) is 3. The molecule has 1 N–H and O–H groups in total. The van der Waals surface area contributed by atoms with Gasteiger partial charge in [-0.15, -0.1) is 0 Å². The molecule has 1 unspecified atom stereocenters. The third-order valence-corrected chi connectivity index (χ3v) is 2.46. The van der Waals surface area contributed by atoms with Crippen molar-refractivity contribution in [2.45, 2.75) is 38.9 Å². The number of aliphatic hydroxyl groups is 1. The smallest absolute Gasteiger partial charge is 0.119 e. The van der Waals surface area contributed by atoms with Gasteiger partial charge in [0.1, 0.15) is 5.75 Å². The summed E-state index contributed by atoms with van der Waals surface area (Å²) in [6.07, 6.45) is 1.34. The van der Waals surface area contributed by atoms with Crippen LogP contribution in [0.25, 0.3) is 0 Å². The van der Waals surface area contributed by atoms with Gasteiger partial charge in [0.2, 0.25) is 0 Å². The molecule has 0 aliphatic carbocycles. The highest BCUT2D eigenvalue weighted by atomic mass is 16.5. The molecule has 0 spiro atoms. The zero-order valence-corrected chi connectivity index (χ0v) is 10.8. The molecule has 17 heavy (non-hydrogen) atoms. The minimum atomic E-state index is -0.418. The highest BCUT2D eigenvalue weighted by Crippen LogP contribution is 2.21. The van der Waals surface area contributed by atoms with Gasteiger partial charge in [-0.25, -0.2) is 0 Å². The molecule has 0 amide bonds. The molecule has 1 atom stereocenters. The van der Waals surface area contributed by atoms with Gasteiger partial charge in [0.05, 0.1) is 12.2 Å². The van der Waals surface area contributed by atoms with Gasteiger partial charge >= 0.3 is 0 Å². The van der Waals surface area contributed by atoms with E-state index in [1.807, 2.05) is 38.1 Å². The first-order chi connectivity index (χ1) is 8.13. The molecule has 0 aromatic heterocycles. The van der Waals surface area contributed by atoms with E-state index >= 15 is 0 Å². The van der Waals surface area contributed by atoms with Gasteiger partial charge in [-0.05, 0) is 44.4 Å². The molecule has 0 heterocycles. The zero-order valence-electron chi connectivity index (χ0n) is 10.8. The summed E-state index contributed by atoms with van der Waals surface area (Å²) in [5.41, 5.74) is 0.928. The Morgan fingerprint density at radius 1 is 1.18 bits per heavy atom. The fraction of sp³-hybridized carbons (Fsp3) is 0.571. The van der Waals surface area contributed by atoms with Gasteiger partial charge < -0.3 is 14.6 Å². The number of ether oxygens (including phenoxy) is 2. The normalized spacial score (nSPS) is 12.8. The first kappa shape index (κ1) is 14.0. The van der Waals surface area contributed by atoms with E-state index in [0.29, 0.717) is 6.61 Å². The van der Waals surface area contributed by atoms with Crippen LogP contribution in [-0.2, 0) is 4.74 Å². The SMILES string of the molecule is COCCCC(O)c1ccc(OC(C)C)cc1. The molecule has 96 valence electrons. The van der Waals surface area contributed by atoms with E-state index in [9.17, 15) is 5.11 Å². The molecule has 0 aliphatic heterocycles. The molecule has 0 radical (unpaired) electrons. The monoisotopic (exact) mass is 238 g/mol. The maximum Gasteiger partial charge on any atom is 0.119 e. The van der Waals surface area contributed by atoms with Crippen molar-refractivity contribution in [1.82, 2.24) is 0 Å². The predicted octanol–water partition coefficient (Wildman–Crippen LogP) is 2.93. The van der Waals surface area contributed by atoms with Gasteiger partial charge in [0, 0.05) is 13.7 Å². The Balaban J connectivity index is 2.48. The molecule has 1 aromatic carbocycles. The molecule has 0 saturated carbocycles. The van der Waals surface area contributed by atoms with Crippen molar-refractivity contribution >= 4 is 0 Å². The molecule has 3 nitrogen and oxygen atoms in total. The maximum atomic E-state index is 9.92. The number of rotatable bonds is 7. The molecule has 1 aromatic rings. The van der Waals surface area contributed by atoms with E-state index in [0.717, 1.165) is 24.2 Å². The van der Waals surface area contributed by atoms with Crippen LogP contribution in [0, 0.1) is 0 Å². The van der Waals surface area contributed by atoms with Crippen LogP contribution in [0.1, 0.15) is 38.4 Å². The van der Waals surface area contributed by atoms with Crippen LogP contribution in [0.5, 0.6) is 5.75 Å². The minimum absolute atomic E-state index is 0.174. The van der Waals surface area contributed by atoms with Crippen molar-refractivity contribution in [3.8, 4) is 5.75 Å². The summed E-state index contributed by atoms with van der Waals surface area (Å²) in [5, 5.41) is 9.92. The van der Waals surface area contributed by atoms with Crippen molar-refractivity contribution in [3.63, 3.8) is 0 Å². The van der Waals surface area contributed by atoms with Gasteiger partial charge in [0.15, 0.2) is 0 Å². The summed E-state index contributed by atoms with van der Waals surface area (Å²) in [7, 11) is 1.67. The van der Waals surface area contributed by atoms with Crippen molar-refractivity contribution in [2.24, 2.45) is 0 Å². The van der Waals surface area contributed by atoms with Crippen LogP contribution in [-0.4, -0.2) is 24.9 Å². The number of methoxy groups -OCH3 is 1. The maximum absolute atomic E-state index is 9.92. The number of hydrogen-bond donors (Lipinski definition) is 1. The largest absolute Gasteiger partial charge is 0.491 e. The van der Waals surface area contributed by atoms with E-state index in [1.165, 1.54) is 0 Å². The van der Waals surface area contributed by atoms with Gasteiger partial charge in [-0.2, -0.15) is 0 Å². The van der Waals surface area contributed by atoms with Crippen LogP contribution in [0.4, 0.5) is 0 Å². The second kappa shape index (κ2) is 7.30. The van der Waals surface area contributed by atoms with E-state index in [-0.39, 0.29) is 6.10 Å². The lowest BCUT2D eigenvalue weighted by Crippen LogP contribution is -2.05. The molecular weight excluding hydrogens is 216 g/mol. The summed E-state index contributed by atoms with van der Waals surface area (Å²) in [4.78, 5) is 0. The Kier molecular flexibility index (Phi) is 6.01. The van der Waals surface area contributed by atoms with Gasteiger partial charge in [-0.3, -0.25) is 0 Å². The van der Waals surface area contributed by atoms with Gasteiger partial charge in [0.25, 0.3) is 0 Å². The molecule has 0 bridgehead atoms. The topological polar surface area (TPSA) is 38.7 Å². The van der Waals surface area contributed by atoms with E-state index in [4.69, 9.17) is 9.47 Å². The predicted molar refractivity (Wildman–Crippen MR) is 68.3 cm³/mol. The molecule has 0 fully saturated rings. The summed E-state index contributed by atoms with van der Waals surface area (Å²) >= 11 is 0. The Labute approximate surface area is 103 Å². The second-order valence-corrected chi connectivity index (χ2v) is 4.39. The lowest BCUT2D eigenvalue weighted by atomic mass is 10.1. The van der Waals surface area contributed by atoms with Crippen LogP contribution in [0.3, 0.4) is 0 Å². The van der Waals surface area contributed by atoms with Crippen molar-refractivity contribution in [1.29, 1.82) is 0 Å². The van der Waals surface area contributed by atoms with Crippen LogP contribution in [0.15, 0.2) is 24.3 Å². The lowest BCUT2D eigenvalue weighted by Gasteiger charge is -2.13. The lowest BCUT2D eigenvalue weighted by molar-refractivity contribution is 0.136. The molecule has 1 rings (SSSR count). The van der Waals surface area contributed by atoms with Crippen molar-refractivity contribution in [2.75, 3.05) is 13.7 Å². The Morgan fingerprint density at radius 3 is 2.35 bits per heavy atom. The second-order valence-electron chi connectivity index (χ2n) is 4.39. The number of benzene rings is 1. The van der Waals surface area contributed by atoms with E-state index < -0.39 is 6.10 Å². The average molecular weight is 238 g/mol. The summed E-state index contributed by atoms with van der Waals surface area (Å²) in [5.74, 6) is 0.841. The minimum Gasteiger partial charge on any atom is -0.491 e. The Morgan fingerprint density at radius 2 is 1.82 bits per heavy atom. The van der Waals surface area contributed by atoms with E-state index in [1.54, 1.807) is 7.11 Å². The molecule has 3 heteroatoms. The molecule has 0 saturated heterocycles. The van der Waals surface area contributed by atoms with Crippen LogP contribution in [0.2, 0.25) is 0 Å². The average Bonchev–Trinajstić information content (AvgIpc) is 2.29. The fourth-order valence-electron chi connectivity index (χ4n) is 1.63. The first-order valence-electron chi connectivity index (χ1n) is 6.07. The van der Waals surface area contributed by atoms with Crippen molar-refractivity contribution in [3.05, 3.63) is 29.8 Å². The molecule has 0 aliphatic rings. The third-order valence-electron chi connectivity index (χ3n) is 2.46. The molecular formula is C14H22O3. The Hall–Kier alpha value is -1.06. The number of aliphatic hydroxyl groups excluding tert-OH is 1. The van der Waals surface area contributed by atoms with E-state index in [2.05, 4.69) is 0 Å². The standard InChI is InChI=1S/C14H22O3/c1-11(2)17-13-8-6-12(7-9-13)14(15)5-4-10-16-3/h6-9,11,14-15H,4-5,10H2,1-3H3. The van der Waals surface area contributed by atoms with Crippen molar-refractivity contribution < 1.29 is 14.6 Å². The first-order valence-corrected chi connectivity index (χ1v) is 6.07. The summed E-state index contributed by atoms with van der Waals surface area (Å²) < 4.78 is 10.5. The van der Waals surface area contributed by atoms with Crippen LogP contribution >= 0.6 is 0 Å². The highest BCUT2D eigenvalue weighted by molar-refractivity contribution is 5.28. The fourth-order valence-corrected chi connectivity index (χ4v) is 1.63. The quantitative estimate of drug-likeness (QED) is 0.742. The summed E-state index contributed by atoms with van der Waals surface area (Å²) in [6.45, 7) is 4.67. The third kappa shape index (κ3) is 5.20. The van der Waals surface area contributed by atoms with Crippen LogP contribution < -0.4 is 4.74 Å². The van der Waals surface area contributed by atoms with Gasteiger partial charge in [-0.1, -0.05) is 12.1 Å². The zero-order chi connectivity index (χ0) is 12.7. The Bertz CT molecular complexity index is 306. The highest BCUT2D eigenvalue weighted by Gasteiger charge is 2.07. The summed E-state index contributed by atoms with van der Waals surface area (Å²) in [6, 6.07) is 7.62.